The number of rotatable bonds is 4. The molecule has 1 fully saturated rings. The van der Waals surface area contributed by atoms with Crippen molar-refractivity contribution in [1.82, 2.24) is 20.1 Å². The van der Waals surface area contributed by atoms with E-state index >= 15 is 0 Å². The molecular formula is C20H23F3N4O2. The summed E-state index contributed by atoms with van der Waals surface area (Å²) in [6.45, 7) is 2.42. The minimum atomic E-state index is -4.38. The molecule has 4 rings (SSSR count). The lowest BCUT2D eigenvalue weighted by molar-refractivity contribution is -0.138. The summed E-state index contributed by atoms with van der Waals surface area (Å²) < 4.78 is 45.6. The number of fused-ring (bicyclic) bond motifs is 1. The molecule has 6 nitrogen and oxygen atoms in total. The van der Waals surface area contributed by atoms with Gasteiger partial charge in [-0.2, -0.15) is 13.2 Å². The number of alkyl halides is 3. The molecule has 9 heteroatoms. The second-order valence-electron chi connectivity index (χ2n) is 7.94. The second-order valence-corrected chi connectivity index (χ2v) is 7.94. The van der Waals surface area contributed by atoms with E-state index in [1.807, 2.05) is 4.57 Å². The fourth-order valence-electron chi connectivity index (χ4n) is 4.17. The normalized spacial score (nSPS) is 22.5. The van der Waals surface area contributed by atoms with Crippen molar-refractivity contribution in [2.24, 2.45) is 0 Å². The number of aromatic nitrogens is 3. The van der Waals surface area contributed by atoms with Crippen molar-refractivity contribution < 1.29 is 22.7 Å². The molecular weight excluding hydrogens is 385 g/mol. The molecule has 0 bridgehead atoms. The maximum Gasteiger partial charge on any atom is 0.416 e. The summed E-state index contributed by atoms with van der Waals surface area (Å²) in [6, 6.07) is 4.78. The molecule has 29 heavy (non-hydrogen) atoms. The predicted octanol–water partition coefficient (Wildman–Crippen LogP) is 3.52. The van der Waals surface area contributed by atoms with Crippen molar-refractivity contribution in [3.8, 4) is 0 Å². The number of hydrogen-bond donors (Lipinski definition) is 1. The molecule has 1 aliphatic heterocycles. The summed E-state index contributed by atoms with van der Waals surface area (Å²) >= 11 is 0. The Labute approximate surface area is 166 Å². The molecule has 2 heterocycles. The zero-order valence-electron chi connectivity index (χ0n) is 16.1. The Bertz CT molecular complexity index is 888. The van der Waals surface area contributed by atoms with E-state index in [1.165, 1.54) is 12.1 Å². The highest BCUT2D eigenvalue weighted by Crippen LogP contribution is 2.37. The zero-order chi connectivity index (χ0) is 20.6. The van der Waals surface area contributed by atoms with E-state index in [0.29, 0.717) is 18.0 Å². The second kappa shape index (κ2) is 7.44. The molecule has 156 valence electrons. The van der Waals surface area contributed by atoms with E-state index in [0.717, 1.165) is 43.6 Å². The Kier molecular flexibility index (Phi) is 5.10. The van der Waals surface area contributed by atoms with Crippen molar-refractivity contribution in [1.29, 1.82) is 0 Å². The van der Waals surface area contributed by atoms with Gasteiger partial charge in [0.1, 0.15) is 18.0 Å². The van der Waals surface area contributed by atoms with Gasteiger partial charge in [-0.15, -0.1) is 10.2 Å². The molecule has 1 aliphatic carbocycles. The van der Waals surface area contributed by atoms with Crippen LogP contribution in [0.3, 0.4) is 0 Å². The number of amides is 1. The van der Waals surface area contributed by atoms with Crippen molar-refractivity contribution >= 4 is 5.91 Å². The van der Waals surface area contributed by atoms with Gasteiger partial charge in [0.05, 0.1) is 12.2 Å². The average Bonchev–Trinajstić information content (AvgIpc) is 3.36. The molecule has 1 N–H and O–H groups in total. The molecule has 2 aliphatic rings. The third-order valence-electron chi connectivity index (χ3n) is 5.81. The molecule has 0 radical (unpaired) electrons. The Morgan fingerprint density at radius 1 is 1.24 bits per heavy atom. The van der Waals surface area contributed by atoms with Gasteiger partial charge >= 0.3 is 6.18 Å². The first-order valence-corrected chi connectivity index (χ1v) is 9.76. The van der Waals surface area contributed by atoms with Crippen LogP contribution in [0.4, 0.5) is 13.2 Å². The monoisotopic (exact) mass is 408 g/mol. The smallest absolute Gasteiger partial charge is 0.370 e. The SMILES string of the molecule is CC1(C(=O)NCc2ccc(C(F)(F)F)cc2)COCc2nnc(C3CCCC3)n21. The van der Waals surface area contributed by atoms with Gasteiger partial charge in [0.25, 0.3) is 0 Å². The summed E-state index contributed by atoms with van der Waals surface area (Å²) in [5, 5.41) is 11.4. The maximum atomic E-state index is 13.1. The molecule has 1 aromatic carbocycles. The highest BCUT2D eigenvalue weighted by atomic mass is 19.4. The minimum Gasteiger partial charge on any atom is -0.370 e. The molecule has 1 atom stereocenters. The van der Waals surface area contributed by atoms with Crippen LogP contribution in [0, 0.1) is 0 Å². The number of benzene rings is 1. The van der Waals surface area contributed by atoms with Gasteiger partial charge in [-0.1, -0.05) is 25.0 Å². The highest BCUT2D eigenvalue weighted by molar-refractivity contribution is 5.84. The largest absolute Gasteiger partial charge is 0.416 e. The third kappa shape index (κ3) is 3.75. The Hall–Kier alpha value is -2.42. The Balaban J connectivity index is 1.51. The number of nitrogens with one attached hydrogen (secondary N) is 1. The van der Waals surface area contributed by atoms with Gasteiger partial charge in [0.15, 0.2) is 5.82 Å². The van der Waals surface area contributed by atoms with Crippen molar-refractivity contribution in [2.45, 2.75) is 63.4 Å². The quantitative estimate of drug-likeness (QED) is 0.841. The molecule has 1 saturated carbocycles. The fraction of sp³-hybridized carbons (Fsp3) is 0.550. The van der Waals surface area contributed by atoms with Gasteiger partial charge in [0, 0.05) is 12.5 Å². The minimum absolute atomic E-state index is 0.128. The van der Waals surface area contributed by atoms with Gasteiger partial charge in [-0.3, -0.25) is 9.36 Å². The van der Waals surface area contributed by atoms with Crippen molar-refractivity contribution in [3.05, 3.63) is 47.0 Å². The van der Waals surface area contributed by atoms with Gasteiger partial charge in [-0.25, -0.2) is 0 Å². The Morgan fingerprint density at radius 3 is 2.59 bits per heavy atom. The van der Waals surface area contributed by atoms with Crippen LogP contribution in [0.2, 0.25) is 0 Å². The van der Waals surface area contributed by atoms with E-state index in [-0.39, 0.29) is 25.0 Å². The number of halogens is 3. The molecule has 0 spiro atoms. The maximum absolute atomic E-state index is 13.1. The standard InChI is InChI=1S/C20H23F3N4O2/c1-19(18(28)24-10-13-6-8-15(9-7-13)20(21,22)23)12-29-11-16-25-26-17(27(16)19)14-4-2-3-5-14/h6-9,14H,2-5,10-12H2,1H3,(H,24,28). The first-order chi connectivity index (χ1) is 13.8. The van der Waals surface area contributed by atoms with E-state index in [2.05, 4.69) is 15.5 Å². The summed E-state index contributed by atoms with van der Waals surface area (Å²) in [7, 11) is 0. The topological polar surface area (TPSA) is 69.0 Å². The lowest BCUT2D eigenvalue weighted by atomic mass is 9.97. The molecule has 0 saturated heterocycles. The molecule has 2 aromatic rings. The van der Waals surface area contributed by atoms with Gasteiger partial charge < -0.3 is 10.1 Å². The van der Waals surface area contributed by atoms with Crippen molar-refractivity contribution in [3.63, 3.8) is 0 Å². The van der Waals surface area contributed by atoms with Crippen LogP contribution in [-0.4, -0.2) is 27.3 Å². The van der Waals surface area contributed by atoms with E-state index < -0.39 is 17.3 Å². The van der Waals surface area contributed by atoms with Crippen LogP contribution in [0.15, 0.2) is 24.3 Å². The number of nitrogens with zero attached hydrogens (tertiary/aromatic N) is 3. The third-order valence-corrected chi connectivity index (χ3v) is 5.81. The number of hydrogen-bond acceptors (Lipinski definition) is 4. The van der Waals surface area contributed by atoms with E-state index in [9.17, 15) is 18.0 Å². The van der Waals surface area contributed by atoms with Crippen LogP contribution >= 0.6 is 0 Å². The molecule has 1 aromatic heterocycles. The lowest BCUT2D eigenvalue weighted by Crippen LogP contribution is -2.53. The molecule has 1 unspecified atom stereocenters. The van der Waals surface area contributed by atoms with Gasteiger partial charge in [0.2, 0.25) is 5.91 Å². The predicted molar refractivity (Wildman–Crippen MR) is 97.8 cm³/mol. The van der Waals surface area contributed by atoms with E-state index in [1.54, 1.807) is 6.92 Å². The van der Waals surface area contributed by atoms with Crippen LogP contribution in [0.1, 0.15) is 61.3 Å². The van der Waals surface area contributed by atoms with Gasteiger partial charge in [-0.05, 0) is 37.5 Å². The van der Waals surface area contributed by atoms with Crippen LogP contribution in [0.5, 0.6) is 0 Å². The Morgan fingerprint density at radius 2 is 1.93 bits per heavy atom. The summed E-state index contributed by atoms with van der Waals surface area (Å²) in [5.74, 6) is 1.48. The summed E-state index contributed by atoms with van der Waals surface area (Å²) in [4.78, 5) is 13.1. The number of carbonyl (C=O) groups excluding carboxylic acids is 1. The van der Waals surface area contributed by atoms with E-state index in [4.69, 9.17) is 4.74 Å². The summed E-state index contributed by atoms with van der Waals surface area (Å²) in [5.41, 5.74) is -1.12. The zero-order valence-corrected chi connectivity index (χ0v) is 16.1. The average molecular weight is 408 g/mol. The summed E-state index contributed by atoms with van der Waals surface area (Å²) in [6.07, 6.45) is -0.0406. The van der Waals surface area contributed by atoms with Crippen LogP contribution in [-0.2, 0) is 34.4 Å². The van der Waals surface area contributed by atoms with Crippen LogP contribution < -0.4 is 5.32 Å². The van der Waals surface area contributed by atoms with Crippen molar-refractivity contribution in [2.75, 3.05) is 6.61 Å². The molecule has 1 amide bonds. The number of ether oxygens (including phenoxy) is 1. The fourth-order valence-corrected chi connectivity index (χ4v) is 4.17. The first kappa shape index (κ1) is 19.9. The first-order valence-electron chi connectivity index (χ1n) is 9.76. The highest BCUT2D eigenvalue weighted by Gasteiger charge is 2.43. The lowest BCUT2D eigenvalue weighted by Gasteiger charge is -2.36. The van der Waals surface area contributed by atoms with Crippen LogP contribution in [0.25, 0.3) is 0 Å². The number of carbonyl (C=O) groups is 1.